The van der Waals surface area contributed by atoms with Gasteiger partial charge in [-0.1, -0.05) is 12.1 Å². The van der Waals surface area contributed by atoms with Crippen LogP contribution in [0.3, 0.4) is 0 Å². The summed E-state index contributed by atoms with van der Waals surface area (Å²) in [5, 5.41) is 7.79. The zero-order valence-corrected chi connectivity index (χ0v) is 19.0. The van der Waals surface area contributed by atoms with Crippen molar-refractivity contribution in [2.75, 3.05) is 25.5 Å². The Kier molecular flexibility index (Phi) is 12.2. The number of urea groups is 1. The molecule has 1 aromatic carbocycles. The maximum Gasteiger partial charge on any atom is 0.312 e. The maximum absolute atomic E-state index is 12.9. The summed E-state index contributed by atoms with van der Waals surface area (Å²) in [6.45, 7) is 1.99. The molecule has 33 heavy (non-hydrogen) atoms. The Morgan fingerprint density at radius 1 is 1.09 bits per heavy atom. The zero-order valence-electron chi connectivity index (χ0n) is 19.0. The van der Waals surface area contributed by atoms with Gasteiger partial charge in [-0.05, 0) is 37.5 Å². The van der Waals surface area contributed by atoms with E-state index in [9.17, 15) is 24.0 Å². The van der Waals surface area contributed by atoms with Gasteiger partial charge in [-0.3, -0.25) is 19.2 Å². The first-order chi connectivity index (χ1) is 15.7. The fraction of sp³-hybridized carbons (Fsp3) is 0.500. The van der Waals surface area contributed by atoms with Crippen LogP contribution >= 0.6 is 0 Å². The second-order valence-corrected chi connectivity index (χ2v) is 7.57. The molecule has 0 radical (unpaired) electrons. The minimum absolute atomic E-state index is 0.0904. The standard InChI is InChI=1S/C22H33N5O6/c1-14(26-19(29)9-10-23)18(28)13-16(4-3-11-25-22(24)32)21(31)27-17-7-5-15(6-8-17)12-20(30)33-2/h5-8,14,16H,3-4,9-13,23H2,1-2H3,(H,26,29)(H,27,31)(H3,24,25,32)/t14-,16+/m0/s1. The number of carbonyl (C=O) groups excluding carboxylic acids is 5. The topological polar surface area (TPSA) is 183 Å². The molecule has 0 aliphatic heterocycles. The number of hydrogen-bond donors (Lipinski definition) is 5. The summed E-state index contributed by atoms with van der Waals surface area (Å²) in [4.78, 5) is 59.4. The fourth-order valence-corrected chi connectivity index (χ4v) is 3.02. The van der Waals surface area contributed by atoms with E-state index in [1.54, 1.807) is 31.2 Å². The van der Waals surface area contributed by atoms with E-state index in [4.69, 9.17) is 11.5 Å². The van der Waals surface area contributed by atoms with Gasteiger partial charge in [-0.25, -0.2) is 4.79 Å². The van der Waals surface area contributed by atoms with Crippen molar-refractivity contribution in [1.82, 2.24) is 10.6 Å². The lowest BCUT2D eigenvalue weighted by Crippen LogP contribution is -2.41. The SMILES string of the molecule is COC(=O)Cc1ccc(NC(=O)[C@H](CCCNC(N)=O)CC(=O)[C@H](C)NC(=O)CCN)cc1. The van der Waals surface area contributed by atoms with Gasteiger partial charge >= 0.3 is 12.0 Å². The zero-order chi connectivity index (χ0) is 24.8. The monoisotopic (exact) mass is 463 g/mol. The van der Waals surface area contributed by atoms with Crippen LogP contribution in [0.2, 0.25) is 0 Å². The Morgan fingerprint density at radius 2 is 1.76 bits per heavy atom. The molecule has 4 amide bonds. The molecule has 0 spiro atoms. The fourth-order valence-electron chi connectivity index (χ4n) is 3.02. The predicted molar refractivity (Wildman–Crippen MR) is 122 cm³/mol. The lowest BCUT2D eigenvalue weighted by Gasteiger charge is -2.19. The van der Waals surface area contributed by atoms with E-state index in [-0.39, 0.29) is 55.9 Å². The van der Waals surface area contributed by atoms with Crippen molar-refractivity contribution in [3.8, 4) is 0 Å². The first kappa shape index (κ1) is 27.6. The Labute approximate surface area is 193 Å². The molecule has 7 N–H and O–H groups in total. The number of benzene rings is 1. The molecule has 0 saturated heterocycles. The Morgan fingerprint density at radius 3 is 2.33 bits per heavy atom. The van der Waals surface area contributed by atoms with Crippen molar-refractivity contribution in [2.45, 2.75) is 45.1 Å². The lowest BCUT2D eigenvalue weighted by molar-refractivity contribution is -0.139. The minimum Gasteiger partial charge on any atom is -0.469 e. The van der Waals surface area contributed by atoms with Gasteiger partial charge in [0.05, 0.1) is 19.6 Å². The molecule has 11 nitrogen and oxygen atoms in total. The van der Waals surface area contributed by atoms with Gasteiger partial charge < -0.3 is 32.2 Å². The maximum atomic E-state index is 12.9. The van der Waals surface area contributed by atoms with Crippen LogP contribution in [0.25, 0.3) is 0 Å². The second kappa shape index (κ2) is 14.6. The second-order valence-electron chi connectivity index (χ2n) is 7.57. The van der Waals surface area contributed by atoms with Crippen LogP contribution in [0.4, 0.5) is 10.5 Å². The number of Topliss-reactive ketones (excluding diaryl/α,β-unsaturated/α-hetero) is 1. The van der Waals surface area contributed by atoms with Crippen LogP contribution in [0.15, 0.2) is 24.3 Å². The molecule has 182 valence electrons. The number of nitrogens with one attached hydrogen (secondary N) is 3. The van der Waals surface area contributed by atoms with Crippen molar-refractivity contribution < 1.29 is 28.7 Å². The smallest absolute Gasteiger partial charge is 0.312 e. The van der Waals surface area contributed by atoms with Crippen LogP contribution in [0.5, 0.6) is 0 Å². The molecule has 0 saturated carbocycles. The number of esters is 1. The number of nitrogens with two attached hydrogens (primary N) is 2. The van der Waals surface area contributed by atoms with Gasteiger partial charge in [0.2, 0.25) is 11.8 Å². The number of rotatable bonds is 14. The Hall–Kier alpha value is -3.47. The van der Waals surface area contributed by atoms with Gasteiger partial charge in [0, 0.05) is 37.5 Å². The molecule has 0 fully saturated rings. The lowest BCUT2D eigenvalue weighted by atomic mass is 9.93. The van der Waals surface area contributed by atoms with Crippen molar-refractivity contribution >= 4 is 35.3 Å². The molecule has 0 heterocycles. The third-order valence-corrected chi connectivity index (χ3v) is 4.88. The molecule has 0 aliphatic carbocycles. The molecule has 1 aromatic rings. The number of primary amides is 1. The first-order valence-corrected chi connectivity index (χ1v) is 10.7. The number of carbonyl (C=O) groups is 5. The van der Waals surface area contributed by atoms with Crippen LogP contribution in [0, 0.1) is 5.92 Å². The summed E-state index contributed by atoms with van der Waals surface area (Å²) in [5.41, 5.74) is 11.6. The molecule has 0 unspecified atom stereocenters. The summed E-state index contributed by atoms with van der Waals surface area (Å²) in [6.07, 6.45) is 0.879. The molecular formula is C22H33N5O6. The van der Waals surface area contributed by atoms with Crippen LogP contribution in [0.1, 0.15) is 38.2 Å². The predicted octanol–water partition coefficient (Wildman–Crippen LogP) is 0.218. The average molecular weight is 464 g/mol. The first-order valence-electron chi connectivity index (χ1n) is 10.7. The van der Waals surface area contributed by atoms with Gasteiger partial charge in [0.1, 0.15) is 0 Å². The van der Waals surface area contributed by atoms with Gasteiger partial charge in [0.15, 0.2) is 5.78 Å². The summed E-state index contributed by atoms with van der Waals surface area (Å²) in [7, 11) is 1.31. The van der Waals surface area contributed by atoms with Gasteiger partial charge in [-0.2, -0.15) is 0 Å². The number of anilines is 1. The summed E-state index contributed by atoms with van der Waals surface area (Å²) in [6, 6.07) is 5.26. The molecular weight excluding hydrogens is 430 g/mol. The Bertz CT molecular complexity index is 827. The molecule has 0 aromatic heterocycles. The minimum atomic E-state index is -0.763. The number of methoxy groups -OCH3 is 1. The third-order valence-electron chi connectivity index (χ3n) is 4.88. The average Bonchev–Trinajstić information content (AvgIpc) is 2.76. The number of ether oxygens (including phenoxy) is 1. The highest BCUT2D eigenvalue weighted by Gasteiger charge is 2.25. The molecule has 1 rings (SSSR count). The van der Waals surface area contributed by atoms with E-state index in [0.29, 0.717) is 18.5 Å². The molecule has 11 heteroatoms. The number of ketones is 1. The van der Waals surface area contributed by atoms with Crippen molar-refractivity contribution in [1.29, 1.82) is 0 Å². The van der Waals surface area contributed by atoms with E-state index >= 15 is 0 Å². The van der Waals surface area contributed by atoms with Gasteiger partial charge in [0.25, 0.3) is 0 Å². The van der Waals surface area contributed by atoms with E-state index in [2.05, 4.69) is 20.7 Å². The Balaban J connectivity index is 2.79. The highest BCUT2D eigenvalue weighted by molar-refractivity contribution is 5.97. The highest BCUT2D eigenvalue weighted by Crippen LogP contribution is 2.18. The largest absolute Gasteiger partial charge is 0.469 e. The van der Waals surface area contributed by atoms with Crippen molar-refractivity contribution in [3.63, 3.8) is 0 Å². The van der Waals surface area contributed by atoms with Gasteiger partial charge in [-0.15, -0.1) is 0 Å². The van der Waals surface area contributed by atoms with E-state index in [1.165, 1.54) is 7.11 Å². The van der Waals surface area contributed by atoms with E-state index in [1.807, 2.05) is 0 Å². The summed E-state index contributed by atoms with van der Waals surface area (Å²) in [5.74, 6) is -2.06. The normalized spacial score (nSPS) is 12.2. The third kappa shape index (κ3) is 11.1. The van der Waals surface area contributed by atoms with E-state index in [0.717, 1.165) is 5.56 Å². The van der Waals surface area contributed by atoms with Crippen molar-refractivity contribution in [3.05, 3.63) is 29.8 Å². The van der Waals surface area contributed by atoms with Crippen LogP contribution < -0.4 is 27.4 Å². The summed E-state index contributed by atoms with van der Waals surface area (Å²) < 4.78 is 4.63. The van der Waals surface area contributed by atoms with E-state index < -0.39 is 18.0 Å². The quantitative estimate of drug-likeness (QED) is 0.193. The van der Waals surface area contributed by atoms with Crippen molar-refractivity contribution in [2.24, 2.45) is 17.4 Å². The van der Waals surface area contributed by atoms with Crippen LogP contribution in [-0.2, 0) is 30.3 Å². The highest BCUT2D eigenvalue weighted by atomic mass is 16.5. The summed E-state index contributed by atoms with van der Waals surface area (Å²) >= 11 is 0. The number of amides is 4. The van der Waals surface area contributed by atoms with Crippen LogP contribution in [-0.4, -0.2) is 55.8 Å². The molecule has 2 atom stereocenters. The number of hydrogen-bond acceptors (Lipinski definition) is 7. The molecule has 0 bridgehead atoms. The molecule has 0 aliphatic rings.